The number of morpholine rings is 2. The number of phenols is 1. The molecule has 4 aromatic heterocycles. The maximum Gasteiger partial charge on any atom is 0.416 e. The number of benzene rings is 2. The first-order chi connectivity index (χ1) is 28.9. The van der Waals surface area contributed by atoms with Crippen LogP contribution in [0.4, 0.5) is 36.2 Å². The molecular formula is C43H44F3N11O3. The van der Waals surface area contributed by atoms with Crippen LogP contribution >= 0.6 is 0 Å². The number of rotatable bonds is 11. The van der Waals surface area contributed by atoms with Crippen molar-refractivity contribution in [2.24, 2.45) is 0 Å². The number of alkyl halides is 3. The number of nitrogens with one attached hydrogen (secondary N) is 2. The first-order valence-electron chi connectivity index (χ1n) is 19.9. The highest BCUT2D eigenvalue weighted by molar-refractivity contribution is 5.93. The number of aryl methyl sites for hydroxylation is 3. The van der Waals surface area contributed by atoms with Gasteiger partial charge >= 0.3 is 6.18 Å². The van der Waals surface area contributed by atoms with E-state index in [0.29, 0.717) is 92.2 Å². The summed E-state index contributed by atoms with van der Waals surface area (Å²) in [6, 6.07) is 14.2. The van der Waals surface area contributed by atoms with Gasteiger partial charge in [0.05, 0.1) is 102 Å². The summed E-state index contributed by atoms with van der Waals surface area (Å²) in [7, 11) is 0. The summed E-state index contributed by atoms with van der Waals surface area (Å²) in [5.41, 5.74) is 6.11. The lowest BCUT2D eigenvalue weighted by Gasteiger charge is -2.29. The van der Waals surface area contributed by atoms with Crippen molar-refractivity contribution in [3.05, 3.63) is 100 Å². The van der Waals surface area contributed by atoms with Crippen LogP contribution in [0.25, 0.3) is 21.8 Å². The van der Waals surface area contributed by atoms with Crippen molar-refractivity contribution < 1.29 is 27.8 Å². The molecule has 8 rings (SSSR count). The molecule has 2 fully saturated rings. The molecular weight excluding hydrogens is 776 g/mol. The predicted molar refractivity (Wildman–Crippen MR) is 221 cm³/mol. The average Bonchev–Trinajstić information content (AvgIpc) is 3.26. The number of pyridine rings is 2. The molecule has 0 unspecified atom stereocenters. The Bertz CT molecular complexity index is 2570. The fraction of sp³-hybridized carbons (Fsp3) is 0.372. The number of hydrogen-bond acceptors (Lipinski definition) is 14. The normalized spacial score (nSPS) is 15.8. The third-order valence-corrected chi connectivity index (χ3v) is 11.0. The highest BCUT2D eigenvalue weighted by atomic mass is 19.4. The molecule has 0 saturated carbocycles. The average molecular weight is 820 g/mol. The van der Waals surface area contributed by atoms with Crippen molar-refractivity contribution in [1.29, 1.82) is 5.26 Å². The third kappa shape index (κ3) is 8.80. The number of fused-ring (bicyclic) bond motifs is 2. The Labute approximate surface area is 344 Å². The van der Waals surface area contributed by atoms with E-state index in [1.807, 2.05) is 38.2 Å². The van der Waals surface area contributed by atoms with E-state index >= 15 is 0 Å². The van der Waals surface area contributed by atoms with Gasteiger partial charge in [-0.3, -0.25) is 9.97 Å². The predicted octanol–water partition coefficient (Wildman–Crippen LogP) is 7.07. The van der Waals surface area contributed by atoms with E-state index in [0.717, 1.165) is 58.3 Å². The summed E-state index contributed by atoms with van der Waals surface area (Å²) in [5.74, 6) is 0.442. The molecule has 0 bridgehead atoms. The molecule has 2 saturated heterocycles. The summed E-state index contributed by atoms with van der Waals surface area (Å²) in [4.78, 5) is 14.0. The number of halogens is 3. The minimum absolute atomic E-state index is 0.229. The lowest BCUT2D eigenvalue weighted by Crippen LogP contribution is -2.36. The van der Waals surface area contributed by atoms with Crippen molar-refractivity contribution in [3.8, 4) is 11.8 Å². The van der Waals surface area contributed by atoms with E-state index in [1.54, 1.807) is 13.1 Å². The topological polar surface area (TPSA) is 170 Å². The molecule has 3 N–H and O–H groups in total. The lowest BCUT2D eigenvalue weighted by molar-refractivity contribution is -0.137. The second kappa shape index (κ2) is 17.1. The molecule has 310 valence electrons. The number of nitrogens with zero attached hydrogens (tertiary/aromatic N) is 9. The van der Waals surface area contributed by atoms with Gasteiger partial charge in [-0.2, -0.15) is 28.6 Å². The second-order valence-corrected chi connectivity index (χ2v) is 15.1. The number of phenolic OH excluding ortho intramolecular Hbond substituents is 1. The zero-order chi connectivity index (χ0) is 42.0. The minimum Gasteiger partial charge on any atom is -0.508 e. The molecule has 2 aromatic carbocycles. The monoisotopic (exact) mass is 819 g/mol. The van der Waals surface area contributed by atoms with Crippen molar-refractivity contribution in [2.75, 3.05) is 73.0 Å². The number of aromatic hydroxyl groups is 1. The van der Waals surface area contributed by atoms with Crippen molar-refractivity contribution in [2.45, 2.75) is 51.9 Å². The van der Waals surface area contributed by atoms with E-state index in [-0.39, 0.29) is 11.6 Å². The van der Waals surface area contributed by atoms with Gasteiger partial charge in [0.25, 0.3) is 0 Å². The Kier molecular flexibility index (Phi) is 11.5. The van der Waals surface area contributed by atoms with E-state index in [9.17, 15) is 23.5 Å². The fourth-order valence-electron chi connectivity index (χ4n) is 7.66. The highest BCUT2D eigenvalue weighted by Gasteiger charge is 2.32. The highest BCUT2D eigenvalue weighted by Crippen LogP contribution is 2.36. The molecule has 0 aliphatic carbocycles. The maximum absolute atomic E-state index is 13.6. The molecule has 6 aromatic rings. The Hall–Kier alpha value is -6.38. The van der Waals surface area contributed by atoms with Gasteiger partial charge < -0.3 is 35.0 Å². The first-order valence-corrected chi connectivity index (χ1v) is 19.9. The molecule has 2 aliphatic rings. The summed E-state index contributed by atoms with van der Waals surface area (Å²) < 4.78 is 52.0. The van der Waals surface area contributed by atoms with E-state index < -0.39 is 23.5 Å². The first kappa shape index (κ1) is 40.4. The molecule has 6 heterocycles. The van der Waals surface area contributed by atoms with Crippen molar-refractivity contribution >= 4 is 44.8 Å². The van der Waals surface area contributed by atoms with Crippen LogP contribution in [-0.4, -0.2) is 88.1 Å². The second-order valence-electron chi connectivity index (χ2n) is 15.1. The molecule has 14 nitrogen and oxygen atoms in total. The van der Waals surface area contributed by atoms with Crippen LogP contribution in [0.15, 0.2) is 60.9 Å². The quantitative estimate of drug-likeness (QED) is 0.121. The summed E-state index contributed by atoms with van der Waals surface area (Å²) >= 11 is 0. The van der Waals surface area contributed by atoms with Crippen LogP contribution < -0.4 is 20.4 Å². The number of nitriles is 1. The van der Waals surface area contributed by atoms with Crippen LogP contribution in [0.3, 0.4) is 0 Å². The third-order valence-electron chi connectivity index (χ3n) is 11.0. The van der Waals surface area contributed by atoms with Gasteiger partial charge in [0.15, 0.2) is 11.6 Å². The summed E-state index contributed by atoms with van der Waals surface area (Å²) in [6.45, 7) is 10.9. The molecule has 2 atom stereocenters. The minimum atomic E-state index is -4.63. The van der Waals surface area contributed by atoms with Crippen LogP contribution in [0, 0.1) is 18.3 Å². The van der Waals surface area contributed by atoms with E-state index in [2.05, 4.69) is 59.0 Å². The maximum atomic E-state index is 13.6. The van der Waals surface area contributed by atoms with Crippen LogP contribution in [0.2, 0.25) is 0 Å². The summed E-state index contributed by atoms with van der Waals surface area (Å²) in [6.07, 6.45) is -0.0297. The fourth-order valence-corrected chi connectivity index (χ4v) is 7.66. The smallest absolute Gasteiger partial charge is 0.416 e. The van der Waals surface area contributed by atoms with Gasteiger partial charge in [0.1, 0.15) is 5.75 Å². The molecule has 17 heteroatoms. The van der Waals surface area contributed by atoms with Crippen molar-refractivity contribution in [3.63, 3.8) is 0 Å². The van der Waals surface area contributed by atoms with Gasteiger partial charge in [-0.15, -0.1) is 10.2 Å². The lowest BCUT2D eigenvalue weighted by atomic mass is 9.98. The van der Waals surface area contributed by atoms with Gasteiger partial charge in [-0.25, -0.2) is 0 Å². The Morgan fingerprint density at radius 3 is 1.90 bits per heavy atom. The molecule has 60 heavy (non-hydrogen) atoms. The van der Waals surface area contributed by atoms with Crippen LogP contribution in [-0.2, 0) is 28.5 Å². The molecule has 0 spiro atoms. The van der Waals surface area contributed by atoms with E-state index in [1.165, 1.54) is 6.07 Å². The van der Waals surface area contributed by atoms with Crippen molar-refractivity contribution in [1.82, 2.24) is 30.4 Å². The largest absolute Gasteiger partial charge is 0.508 e. The zero-order valence-electron chi connectivity index (χ0n) is 33.4. The van der Waals surface area contributed by atoms with Crippen LogP contribution in [0.5, 0.6) is 5.75 Å². The number of aromatic nitrogens is 6. The molecule has 2 aliphatic heterocycles. The SMILES string of the molecule is Cc1nnc(N[C@H](C)c2cc(C#N)cc(CCc3nnc(N[C@H](C)c4cc(O)cc(C(F)(F)F)c4)c4cc(N5CCOCC5)cnc34)c2)c2cc(N3CCOCC3)cnc12. The molecule has 0 amide bonds. The van der Waals surface area contributed by atoms with Gasteiger partial charge in [0, 0.05) is 37.0 Å². The Balaban J connectivity index is 1.06. The standard InChI is InChI=1S/C43H44F3N11O3/c1-25(50-41-36-20-33(56-6-10-59-11-7-56)23-48-39(36)27(3)52-54-41)30-15-28(14-29(16-30)22-47)4-5-38-40-37(21-34(24-49-40)57-8-12-60-13-9-57)42(55-53-38)51-26(2)31-17-32(43(44,45)46)19-35(58)18-31/h14-21,23-26,58H,4-13H2,1-3H3,(H,50,54)(H,51,55)/t25-,26-/m1/s1. The van der Waals surface area contributed by atoms with Crippen LogP contribution in [0.1, 0.15) is 65.1 Å². The number of ether oxygens (including phenoxy) is 2. The Morgan fingerprint density at radius 2 is 1.30 bits per heavy atom. The summed E-state index contributed by atoms with van der Waals surface area (Å²) in [5, 5.41) is 46.5. The van der Waals surface area contributed by atoms with Gasteiger partial charge in [0.2, 0.25) is 0 Å². The van der Waals surface area contributed by atoms with E-state index in [4.69, 9.17) is 19.4 Å². The van der Waals surface area contributed by atoms with Gasteiger partial charge in [-0.05, 0) is 92.8 Å². The Morgan fingerprint density at radius 1 is 0.733 bits per heavy atom. The zero-order valence-corrected chi connectivity index (χ0v) is 33.4. The number of hydrogen-bond donors (Lipinski definition) is 3. The van der Waals surface area contributed by atoms with Gasteiger partial charge in [-0.1, -0.05) is 6.07 Å². The number of anilines is 4. The molecule has 0 radical (unpaired) electrons.